The van der Waals surface area contributed by atoms with Crippen LogP contribution >= 0.6 is 0 Å². The number of rotatable bonds is 6. The number of benzene rings is 1. The van der Waals surface area contributed by atoms with Crippen molar-refractivity contribution in [1.29, 1.82) is 0 Å². The molecule has 0 saturated heterocycles. The Labute approximate surface area is 111 Å². The predicted molar refractivity (Wildman–Crippen MR) is 67.7 cm³/mol. The summed E-state index contributed by atoms with van der Waals surface area (Å²) < 4.78 is 9.34. The molecule has 0 aliphatic carbocycles. The van der Waals surface area contributed by atoms with Crippen molar-refractivity contribution in [2.75, 3.05) is 20.8 Å². The highest BCUT2D eigenvalue weighted by Gasteiger charge is 2.16. The molecular weight excluding hydrogens is 250 g/mol. The number of carbonyl (C=O) groups excluding carboxylic acids is 2. The fraction of sp³-hybridized carbons (Fsp3) is 0.385. The van der Waals surface area contributed by atoms with Gasteiger partial charge in [-0.15, -0.1) is 0 Å². The van der Waals surface area contributed by atoms with Gasteiger partial charge in [-0.3, -0.25) is 4.79 Å². The zero-order valence-electron chi connectivity index (χ0n) is 10.9. The van der Waals surface area contributed by atoms with Crippen LogP contribution in [0.4, 0.5) is 0 Å². The third-order valence-electron chi connectivity index (χ3n) is 2.49. The van der Waals surface area contributed by atoms with E-state index in [0.717, 1.165) is 5.56 Å². The van der Waals surface area contributed by atoms with E-state index < -0.39 is 12.1 Å². The van der Waals surface area contributed by atoms with Crippen LogP contribution in [0.3, 0.4) is 0 Å². The first kappa shape index (κ1) is 15.0. The molecule has 0 bridgehead atoms. The van der Waals surface area contributed by atoms with Gasteiger partial charge in [0.25, 0.3) is 0 Å². The van der Waals surface area contributed by atoms with Crippen LogP contribution in [0.2, 0.25) is 0 Å². The molecule has 1 rings (SSSR count). The molecule has 1 atom stereocenters. The number of aliphatic hydroxyl groups is 1. The van der Waals surface area contributed by atoms with Crippen LogP contribution in [0.25, 0.3) is 0 Å². The number of aliphatic hydroxyl groups excluding tert-OH is 1. The minimum absolute atomic E-state index is 0.165. The summed E-state index contributed by atoms with van der Waals surface area (Å²) in [5.41, 5.74) is 0.811. The molecule has 104 valence electrons. The van der Waals surface area contributed by atoms with Gasteiger partial charge >= 0.3 is 5.97 Å². The summed E-state index contributed by atoms with van der Waals surface area (Å²) in [6, 6.07) is 7.06. The Kier molecular flexibility index (Phi) is 5.81. The van der Waals surface area contributed by atoms with E-state index in [9.17, 15) is 14.7 Å². The predicted octanol–water partition coefficient (Wildman–Crippen LogP) is -0.112. The van der Waals surface area contributed by atoms with Crippen LogP contribution in [-0.2, 0) is 20.7 Å². The molecule has 0 spiro atoms. The summed E-state index contributed by atoms with van der Waals surface area (Å²) in [4.78, 5) is 22.5. The average Bonchev–Trinajstić information content (AvgIpc) is 2.44. The molecule has 1 unspecified atom stereocenters. The quantitative estimate of drug-likeness (QED) is 0.702. The van der Waals surface area contributed by atoms with Crippen molar-refractivity contribution in [2.45, 2.75) is 12.5 Å². The Hall–Kier alpha value is -2.08. The first-order chi connectivity index (χ1) is 9.06. The lowest BCUT2D eigenvalue weighted by Gasteiger charge is -2.10. The van der Waals surface area contributed by atoms with Gasteiger partial charge in [-0.2, -0.15) is 0 Å². The lowest BCUT2D eigenvalue weighted by molar-refractivity contribution is -0.150. The average molecular weight is 267 g/mol. The Balaban J connectivity index is 2.40. The van der Waals surface area contributed by atoms with Gasteiger partial charge in [0.2, 0.25) is 5.91 Å². The monoisotopic (exact) mass is 267 g/mol. The van der Waals surface area contributed by atoms with Gasteiger partial charge in [0.15, 0.2) is 6.10 Å². The van der Waals surface area contributed by atoms with Gasteiger partial charge in [0.05, 0.1) is 27.2 Å². The summed E-state index contributed by atoms with van der Waals surface area (Å²) in [5, 5.41) is 11.7. The highest BCUT2D eigenvalue weighted by atomic mass is 16.5. The second-order valence-electron chi connectivity index (χ2n) is 3.87. The van der Waals surface area contributed by atoms with Crippen LogP contribution in [0.5, 0.6) is 5.75 Å². The van der Waals surface area contributed by atoms with Gasteiger partial charge in [-0.1, -0.05) is 12.1 Å². The summed E-state index contributed by atoms with van der Waals surface area (Å²) in [6.07, 6.45) is -1.18. The fourth-order valence-corrected chi connectivity index (χ4v) is 1.42. The van der Waals surface area contributed by atoms with E-state index >= 15 is 0 Å². The molecule has 6 heteroatoms. The summed E-state index contributed by atoms with van der Waals surface area (Å²) in [7, 11) is 2.74. The molecule has 1 amide bonds. The Morgan fingerprint density at radius 1 is 1.26 bits per heavy atom. The molecule has 1 aromatic carbocycles. The maximum absolute atomic E-state index is 11.6. The van der Waals surface area contributed by atoms with Crippen molar-refractivity contribution in [3.63, 3.8) is 0 Å². The molecule has 6 nitrogen and oxygen atoms in total. The fourth-order valence-electron chi connectivity index (χ4n) is 1.42. The molecular formula is C13H17NO5. The van der Waals surface area contributed by atoms with Gasteiger partial charge < -0.3 is 19.9 Å². The first-order valence-corrected chi connectivity index (χ1v) is 5.72. The summed E-state index contributed by atoms with van der Waals surface area (Å²) in [5.74, 6) is -0.344. The van der Waals surface area contributed by atoms with E-state index in [4.69, 9.17) is 4.74 Å². The van der Waals surface area contributed by atoms with Gasteiger partial charge in [0.1, 0.15) is 5.75 Å². The minimum Gasteiger partial charge on any atom is -0.497 e. The van der Waals surface area contributed by atoms with Crippen molar-refractivity contribution >= 4 is 11.9 Å². The molecule has 0 aromatic heterocycles. The van der Waals surface area contributed by atoms with Crippen molar-refractivity contribution in [2.24, 2.45) is 0 Å². The molecule has 0 radical (unpaired) electrons. The number of amides is 1. The Morgan fingerprint density at radius 2 is 1.89 bits per heavy atom. The minimum atomic E-state index is -1.34. The standard InChI is InChI=1S/C13H17NO5/c1-18-10-5-3-9(4-6-10)7-12(16)14-8-11(15)13(17)19-2/h3-6,11,15H,7-8H2,1-2H3,(H,14,16). The van der Waals surface area contributed by atoms with E-state index in [-0.39, 0.29) is 18.9 Å². The van der Waals surface area contributed by atoms with Gasteiger partial charge in [-0.05, 0) is 17.7 Å². The molecule has 0 saturated carbocycles. The number of carbonyl (C=O) groups is 2. The van der Waals surface area contributed by atoms with E-state index in [1.165, 1.54) is 7.11 Å². The van der Waals surface area contributed by atoms with Crippen LogP contribution in [-0.4, -0.2) is 43.9 Å². The number of esters is 1. The first-order valence-electron chi connectivity index (χ1n) is 5.72. The number of hydrogen-bond donors (Lipinski definition) is 2. The molecule has 0 heterocycles. The number of methoxy groups -OCH3 is 2. The van der Waals surface area contributed by atoms with E-state index in [1.54, 1.807) is 31.4 Å². The van der Waals surface area contributed by atoms with Gasteiger partial charge in [-0.25, -0.2) is 4.79 Å². The molecule has 1 aromatic rings. The van der Waals surface area contributed by atoms with E-state index in [2.05, 4.69) is 10.1 Å². The summed E-state index contributed by atoms with van der Waals surface area (Å²) >= 11 is 0. The zero-order valence-corrected chi connectivity index (χ0v) is 10.9. The Bertz CT molecular complexity index is 429. The molecule has 0 aliphatic heterocycles. The number of nitrogens with one attached hydrogen (secondary N) is 1. The van der Waals surface area contributed by atoms with Crippen LogP contribution < -0.4 is 10.1 Å². The number of hydrogen-bond acceptors (Lipinski definition) is 5. The molecule has 0 fully saturated rings. The smallest absolute Gasteiger partial charge is 0.336 e. The van der Waals surface area contributed by atoms with Crippen LogP contribution in [0.15, 0.2) is 24.3 Å². The largest absolute Gasteiger partial charge is 0.497 e. The topological polar surface area (TPSA) is 84.9 Å². The third kappa shape index (κ3) is 4.97. The van der Waals surface area contributed by atoms with Crippen molar-refractivity contribution in [3.8, 4) is 5.75 Å². The second-order valence-corrected chi connectivity index (χ2v) is 3.87. The molecule has 0 aliphatic rings. The third-order valence-corrected chi connectivity index (χ3v) is 2.49. The normalized spacial score (nSPS) is 11.5. The second kappa shape index (κ2) is 7.38. The highest BCUT2D eigenvalue weighted by molar-refractivity contribution is 5.80. The maximum atomic E-state index is 11.6. The highest BCUT2D eigenvalue weighted by Crippen LogP contribution is 2.11. The Morgan fingerprint density at radius 3 is 2.42 bits per heavy atom. The molecule has 2 N–H and O–H groups in total. The lowest BCUT2D eigenvalue weighted by Crippen LogP contribution is -2.37. The van der Waals surface area contributed by atoms with Crippen LogP contribution in [0.1, 0.15) is 5.56 Å². The summed E-state index contributed by atoms with van der Waals surface area (Å²) in [6.45, 7) is -0.165. The van der Waals surface area contributed by atoms with Crippen molar-refractivity contribution in [1.82, 2.24) is 5.32 Å². The SMILES string of the molecule is COC(=O)C(O)CNC(=O)Cc1ccc(OC)cc1. The number of ether oxygens (including phenoxy) is 2. The van der Waals surface area contributed by atoms with Crippen LogP contribution in [0, 0.1) is 0 Å². The van der Waals surface area contributed by atoms with Gasteiger partial charge in [0, 0.05) is 0 Å². The van der Waals surface area contributed by atoms with Crippen molar-refractivity contribution < 1.29 is 24.2 Å². The zero-order chi connectivity index (χ0) is 14.3. The molecule has 19 heavy (non-hydrogen) atoms. The lowest BCUT2D eigenvalue weighted by atomic mass is 10.1. The van der Waals surface area contributed by atoms with E-state index in [1.807, 2.05) is 0 Å². The van der Waals surface area contributed by atoms with Crippen molar-refractivity contribution in [3.05, 3.63) is 29.8 Å². The van der Waals surface area contributed by atoms with E-state index in [0.29, 0.717) is 5.75 Å². The maximum Gasteiger partial charge on any atom is 0.336 e.